The molecule has 2 aromatic rings. The van der Waals surface area contributed by atoms with Gasteiger partial charge in [-0.2, -0.15) is 0 Å². The molecule has 0 radical (unpaired) electrons. The number of rotatable bonds is 4. The van der Waals surface area contributed by atoms with E-state index in [1.165, 1.54) is 0 Å². The maximum Gasteiger partial charge on any atom is 0.323 e. The molecule has 0 aliphatic carbocycles. The van der Waals surface area contributed by atoms with Crippen molar-refractivity contribution in [3.05, 3.63) is 19.4 Å². The third-order valence-corrected chi connectivity index (χ3v) is 16.3. The fourth-order valence-corrected chi connectivity index (χ4v) is 5.58. The summed E-state index contributed by atoms with van der Waals surface area (Å²) in [5, 5.41) is 0.0430. The molecule has 1 heterocycles. The van der Waals surface area contributed by atoms with Crippen LogP contribution >= 0.6 is 31.9 Å². The minimum atomic E-state index is -2.15. The van der Waals surface area contributed by atoms with Gasteiger partial charge in [-0.1, -0.05) is 41.5 Å². The highest BCUT2D eigenvalue weighted by atomic mass is 79.9. The first-order chi connectivity index (χ1) is 12.4. The van der Waals surface area contributed by atoms with E-state index in [1.54, 1.807) is 0 Å². The van der Waals surface area contributed by atoms with Crippen molar-refractivity contribution in [2.24, 2.45) is 0 Å². The molecule has 158 valence electrons. The smallest absolute Gasteiger partial charge is 0.323 e. The Morgan fingerprint density at radius 3 is 1.25 bits per heavy atom. The summed E-state index contributed by atoms with van der Waals surface area (Å²) in [6.45, 7) is 22.0. The van der Waals surface area contributed by atoms with Crippen LogP contribution in [0.25, 0.3) is 11.0 Å². The summed E-state index contributed by atoms with van der Waals surface area (Å²) in [6.07, 6.45) is 0. The van der Waals surface area contributed by atoms with Gasteiger partial charge in [0, 0.05) is 0 Å². The van der Waals surface area contributed by atoms with Crippen molar-refractivity contribution in [1.82, 2.24) is 9.97 Å². The van der Waals surface area contributed by atoms with E-state index in [0.717, 1.165) is 0 Å². The molecular weight excluding hydrogens is 520 g/mol. The summed E-state index contributed by atoms with van der Waals surface area (Å²) in [7, 11) is -4.30. The van der Waals surface area contributed by atoms with Crippen LogP contribution in [-0.4, -0.2) is 26.6 Å². The highest BCUT2D eigenvalue weighted by molar-refractivity contribution is 9.11. The number of imidazole rings is 1. The summed E-state index contributed by atoms with van der Waals surface area (Å²) < 4.78 is 14.8. The van der Waals surface area contributed by atoms with Gasteiger partial charge in [0.25, 0.3) is 16.6 Å². The largest absolute Gasteiger partial charge is 0.540 e. The number of H-pyrrole nitrogens is 2. The summed E-state index contributed by atoms with van der Waals surface area (Å²) >= 11 is 7.36. The molecule has 0 bridgehead atoms. The van der Waals surface area contributed by atoms with Crippen molar-refractivity contribution in [2.45, 2.75) is 77.8 Å². The van der Waals surface area contributed by atoms with E-state index >= 15 is 0 Å². The summed E-state index contributed by atoms with van der Waals surface area (Å²) in [5.74, 6) is 1.32. The molecular formula is C19H32Br2N2O3Si2. The number of aromatic nitrogens is 2. The average molecular weight is 552 g/mol. The molecule has 5 nitrogen and oxygen atoms in total. The van der Waals surface area contributed by atoms with E-state index in [1.807, 2.05) is 0 Å². The van der Waals surface area contributed by atoms with Crippen LogP contribution in [0.3, 0.4) is 0 Å². The quantitative estimate of drug-likeness (QED) is 0.396. The fraction of sp³-hybridized carbons (Fsp3) is 0.632. The van der Waals surface area contributed by atoms with Crippen molar-refractivity contribution in [1.29, 1.82) is 0 Å². The molecule has 0 aliphatic heterocycles. The second-order valence-electron chi connectivity index (χ2n) is 10.3. The molecule has 0 fully saturated rings. The zero-order valence-corrected chi connectivity index (χ0v) is 23.7. The highest BCUT2D eigenvalue weighted by Crippen LogP contribution is 2.51. The van der Waals surface area contributed by atoms with Crippen LogP contribution in [0.15, 0.2) is 13.7 Å². The van der Waals surface area contributed by atoms with Crippen molar-refractivity contribution in [3.8, 4) is 11.5 Å². The van der Waals surface area contributed by atoms with Gasteiger partial charge in [-0.25, -0.2) is 4.79 Å². The Labute approximate surface area is 186 Å². The number of benzene rings is 1. The molecule has 0 amide bonds. The minimum Gasteiger partial charge on any atom is -0.540 e. The van der Waals surface area contributed by atoms with Crippen LogP contribution in [0.5, 0.6) is 11.5 Å². The van der Waals surface area contributed by atoms with Gasteiger partial charge >= 0.3 is 5.69 Å². The third-order valence-electron chi connectivity index (χ3n) is 6.10. The topological polar surface area (TPSA) is 67.1 Å². The van der Waals surface area contributed by atoms with Crippen LogP contribution in [0.4, 0.5) is 0 Å². The predicted molar refractivity (Wildman–Crippen MR) is 130 cm³/mol. The molecule has 1 aromatic carbocycles. The minimum absolute atomic E-state index is 0.0215. The Kier molecular flexibility index (Phi) is 6.21. The van der Waals surface area contributed by atoms with Gasteiger partial charge in [0.05, 0.1) is 20.0 Å². The van der Waals surface area contributed by atoms with Crippen molar-refractivity contribution in [2.75, 3.05) is 0 Å². The van der Waals surface area contributed by atoms with Crippen LogP contribution < -0.4 is 14.5 Å². The Bertz CT molecular complexity index is 877. The van der Waals surface area contributed by atoms with Crippen molar-refractivity contribution < 1.29 is 8.85 Å². The molecule has 0 atom stereocenters. The van der Waals surface area contributed by atoms with E-state index in [2.05, 4.69) is 110 Å². The predicted octanol–water partition coefficient (Wildman–Crippen LogP) is 7.15. The Balaban J connectivity index is 2.79. The molecule has 1 aromatic heterocycles. The second kappa shape index (κ2) is 7.32. The second-order valence-corrected chi connectivity index (χ2v) is 21.4. The summed E-state index contributed by atoms with van der Waals surface area (Å²) in [4.78, 5) is 17.7. The molecule has 9 heteroatoms. The lowest BCUT2D eigenvalue weighted by Crippen LogP contribution is -2.46. The van der Waals surface area contributed by atoms with Gasteiger partial charge in [-0.3, -0.25) is 0 Å². The maximum atomic E-state index is 12.0. The first-order valence-electron chi connectivity index (χ1n) is 9.40. The standard InChI is InChI=1S/C19H32Br2N2O3Si2/c1-18(2,3)27(7,8)25-15-11(20)13-14(23-17(24)22-13)12(21)16(15)26-28(9,10)19(4,5)6/h1-10H3,(H2,22,23,24). The normalized spacial score (nSPS) is 13.9. The fourth-order valence-electron chi connectivity index (χ4n) is 2.14. The molecule has 0 saturated carbocycles. The number of nitrogens with one attached hydrogen (secondary N) is 2. The number of hydrogen-bond donors (Lipinski definition) is 2. The molecule has 0 spiro atoms. The van der Waals surface area contributed by atoms with E-state index < -0.39 is 16.6 Å². The van der Waals surface area contributed by atoms with Gasteiger partial charge in [0.2, 0.25) is 0 Å². The zero-order valence-electron chi connectivity index (χ0n) is 18.5. The average Bonchev–Trinajstić information content (AvgIpc) is 2.88. The number of halogens is 2. The Hall–Kier alpha value is -0.516. The number of aromatic amines is 2. The van der Waals surface area contributed by atoms with Gasteiger partial charge in [0.1, 0.15) is 0 Å². The lowest BCUT2D eigenvalue weighted by atomic mass is 10.2. The van der Waals surface area contributed by atoms with Gasteiger partial charge < -0.3 is 18.8 Å². The Morgan fingerprint density at radius 1 is 0.714 bits per heavy atom. The van der Waals surface area contributed by atoms with E-state index in [-0.39, 0.29) is 15.8 Å². The molecule has 28 heavy (non-hydrogen) atoms. The molecule has 2 N–H and O–H groups in total. The first kappa shape index (κ1) is 23.8. The number of hydrogen-bond acceptors (Lipinski definition) is 3. The molecule has 0 unspecified atom stereocenters. The molecule has 0 aliphatic rings. The Morgan fingerprint density at radius 2 is 1.00 bits per heavy atom. The monoisotopic (exact) mass is 550 g/mol. The van der Waals surface area contributed by atoms with Crippen LogP contribution in [0.2, 0.25) is 36.3 Å². The van der Waals surface area contributed by atoms with Crippen LogP contribution in [0, 0.1) is 0 Å². The van der Waals surface area contributed by atoms with E-state index in [9.17, 15) is 4.79 Å². The van der Waals surface area contributed by atoms with Crippen LogP contribution in [0.1, 0.15) is 41.5 Å². The van der Waals surface area contributed by atoms with Gasteiger partial charge in [-0.05, 0) is 68.1 Å². The maximum absolute atomic E-state index is 12.0. The summed E-state index contributed by atoms with van der Waals surface area (Å²) in [5.41, 5.74) is 1.08. The summed E-state index contributed by atoms with van der Waals surface area (Å²) in [6, 6.07) is 0. The third kappa shape index (κ3) is 4.32. The van der Waals surface area contributed by atoms with E-state index in [0.29, 0.717) is 31.5 Å². The first-order valence-corrected chi connectivity index (χ1v) is 16.8. The molecule has 0 saturated heterocycles. The molecule has 2 rings (SSSR count). The van der Waals surface area contributed by atoms with Crippen molar-refractivity contribution >= 4 is 59.5 Å². The van der Waals surface area contributed by atoms with Gasteiger partial charge in [0.15, 0.2) is 11.5 Å². The lowest BCUT2D eigenvalue weighted by Gasteiger charge is -2.40. The lowest BCUT2D eigenvalue weighted by molar-refractivity contribution is 0.438. The van der Waals surface area contributed by atoms with Crippen LogP contribution in [-0.2, 0) is 0 Å². The zero-order chi connectivity index (χ0) is 21.9. The van der Waals surface area contributed by atoms with Crippen molar-refractivity contribution in [3.63, 3.8) is 0 Å². The number of fused-ring (bicyclic) bond motifs is 1. The SMILES string of the molecule is CC(C)(C)[Si](C)(C)Oc1c(O[Si](C)(C)C(C)(C)C)c(Br)c2[nH]c(=O)[nH]c2c1Br. The highest BCUT2D eigenvalue weighted by Gasteiger charge is 2.43. The van der Waals surface area contributed by atoms with Gasteiger partial charge in [-0.15, -0.1) is 0 Å². The van der Waals surface area contributed by atoms with E-state index in [4.69, 9.17) is 8.85 Å².